The highest BCUT2D eigenvalue weighted by Crippen LogP contribution is 2.50. The third-order valence-electron chi connectivity index (χ3n) is 2.73. The molecule has 0 bridgehead atoms. The molecule has 1 aromatic carbocycles. The molecule has 0 N–H and O–H groups in total. The van der Waals surface area contributed by atoms with Crippen molar-refractivity contribution in [3.8, 4) is 5.75 Å². The number of fused-ring (bicyclic) bond motifs is 1. The average Bonchev–Trinajstić information content (AvgIpc) is 2.40. The van der Waals surface area contributed by atoms with Crippen LogP contribution in [0, 0.1) is 6.92 Å². The summed E-state index contributed by atoms with van der Waals surface area (Å²) in [6.07, 6.45) is 0. The van der Waals surface area contributed by atoms with Crippen LogP contribution >= 0.6 is 6.72 Å². The highest BCUT2D eigenvalue weighted by molar-refractivity contribution is 8.07. The maximum atomic E-state index is 11.6. The van der Waals surface area contributed by atoms with Crippen LogP contribution in [0.15, 0.2) is 33.5 Å². The second-order valence-corrected chi connectivity index (χ2v) is 7.19. The SMILES string of the molecule is CCOP(=S)(OCC)Oc1cccc2c(C)cc(=O)oc12. The van der Waals surface area contributed by atoms with Gasteiger partial charge in [0.2, 0.25) is 0 Å². The summed E-state index contributed by atoms with van der Waals surface area (Å²) in [5, 5.41) is 0.793. The van der Waals surface area contributed by atoms with E-state index < -0.39 is 12.3 Å². The van der Waals surface area contributed by atoms with Crippen molar-refractivity contribution in [1.82, 2.24) is 0 Å². The van der Waals surface area contributed by atoms with Gasteiger partial charge in [0.15, 0.2) is 11.3 Å². The molecule has 0 saturated carbocycles. The number of rotatable bonds is 6. The van der Waals surface area contributed by atoms with E-state index in [0.717, 1.165) is 10.9 Å². The summed E-state index contributed by atoms with van der Waals surface area (Å²) in [6, 6.07) is 6.78. The van der Waals surface area contributed by atoms with Crippen molar-refractivity contribution < 1.29 is 18.0 Å². The quantitative estimate of drug-likeness (QED) is 0.594. The molecule has 114 valence electrons. The Morgan fingerprint density at radius 2 is 1.90 bits per heavy atom. The molecule has 0 aliphatic heterocycles. The van der Waals surface area contributed by atoms with Crippen molar-refractivity contribution in [2.24, 2.45) is 0 Å². The molecule has 0 aliphatic rings. The number of hydrogen-bond acceptors (Lipinski definition) is 6. The lowest BCUT2D eigenvalue weighted by atomic mass is 10.1. The van der Waals surface area contributed by atoms with E-state index in [4.69, 9.17) is 29.8 Å². The maximum absolute atomic E-state index is 11.6. The second-order valence-electron chi connectivity index (χ2n) is 4.26. The Bertz CT molecular complexity index is 730. The number of hydrogen-bond donors (Lipinski definition) is 0. The maximum Gasteiger partial charge on any atom is 0.380 e. The van der Waals surface area contributed by atoms with E-state index in [1.165, 1.54) is 6.07 Å². The predicted octanol–water partition coefficient (Wildman–Crippen LogP) is 3.78. The van der Waals surface area contributed by atoms with Gasteiger partial charge in [-0.2, -0.15) is 0 Å². The van der Waals surface area contributed by atoms with E-state index in [1.54, 1.807) is 6.07 Å². The molecule has 1 heterocycles. The summed E-state index contributed by atoms with van der Waals surface area (Å²) in [4.78, 5) is 11.6. The second kappa shape index (κ2) is 6.71. The third-order valence-corrected chi connectivity index (χ3v) is 5.15. The zero-order valence-electron chi connectivity index (χ0n) is 12.1. The monoisotopic (exact) mass is 328 g/mol. The molecular formula is C14H17O5PS. The van der Waals surface area contributed by atoms with E-state index in [2.05, 4.69) is 0 Å². The van der Waals surface area contributed by atoms with Crippen LogP contribution in [0.5, 0.6) is 5.75 Å². The van der Waals surface area contributed by atoms with Crippen molar-refractivity contribution in [1.29, 1.82) is 0 Å². The topological polar surface area (TPSA) is 57.9 Å². The van der Waals surface area contributed by atoms with Gasteiger partial charge >= 0.3 is 12.3 Å². The van der Waals surface area contributed by atoms with Gasteiger partial charge in [0.25, 0.3) is 0 Å². The van der Waals surface area contributed by atoms with Gasteiger partial charge in [0.05, 0.1) is 13.2 Å². The Kier molecular flexibility index (Phi) is 5.17. The number of benzene rings is 1. The van der Waals surface area contributed by atoms with Gasteiger partial charge in [-0.15, -0.1) is 0 Å². The molecule has 0 radical (unpaired) electrons. The fourth-order valence-corrected chi connectivity index (χ4v) is 3.99. The van der Waals surface area contributed by atoms with Gasteiger partial charge in [-0.05, 0) is 32.4 Å². The Balaban J connectivity index is 2.51. The Labute approximate surface area is 128 Å². The smallest absolute Gasteiger partial charge is 0.380 e. The van der Waals surface area contributed by atoms with Crippen molar-refractivity contribution in [3.63, 3.8) is 0 Å². The van der Waals surface area contributed by atoms with Crippen molar-refractivity contribution in [3.05, 3.63) is 40.2 Å². The molecule has 1 aromatic heterocycles. The molecule has 0 aliphatic carbocycles. The molecule has 2 aromatic rings. The average molecular weight is 328 g/mol. The molecular weight excluding hydrogens is 311 g/mol. The third kappa shape index (κ3) is 3.71. The minimum Gasteiger partial charge on any atom is -0.420 e. The largest absolute Gasteiger partial charge is 0.420 e. The lowest BCUT2D eigenvalue weighted by Crippen LogP contribution is -2.04. The highest BCUT2D eigenvalue weighted by Gasteiger charge is 2.23. The first-order valence-electron chi connectivity index (χ1n) is 6.61. The molecule has 0 unspecified atom stereocenters. The standard InChI is InChI=1S/C14H17O5PS/c1-4-16-20(21,17-5-2)19-12-8-6-7-11-10(3)9-13(15)18-14(11)12/h6-9H,4-5H2,1-3H3. The zero-order chi connectivity index (χ0) is 15.5. The lowest BCUT2D eigenvalue weighted by molar-refractivity contribution is 0.217. The lowest BCUT2D eigenvalue weighted by Gasteiger charge is -2.21. The van der Waals surface area contributed by atoms with Crippen LogP contribution in [0.1, 0.15) is 19.4 Å². The minimum absolute atomic E-state index is 0.358. The molecule has 21 heavy (non-hydrogen) atoms. The molecule has 0 fully saturated rings. The molecule has 0 atom stereocenters. The first kappa shape index (κ1) is 16.2. The van der Waals surface area contributed by atoms with Crippen LogP contribution in [-0.2, 0) is 20.9 Å². The zero-order valence-corrected chi connectivity index (χ0v) is 13.8. The number of aryl methyl sites for hydroxylation is 1. The Hall–Kier alpha value is -1.20. The molecule has 5 nitrogen and oxygen atoms in total. The van der Waals surface area contributed by atoms with E-state index >= 15 is 0 Å². The first-order valence-corrected chi connectivity index (χ1v) is 9.17. The highest BCUT2D eigenvalue weighted by atomic mass is 32.5. The van der Waals surface area contributed by atoms with E-state index in [1.807, 2.05) is 32.9 Å². The van der Waals surface area contributed by atoms with E-state index in [9.17, 15) is 4.79 Å². The summed E-state index contributed by atoms with van der Waals surface area (Å²) in [5.74, 6) is 0.360. The Morgan fingerprint density at radius 1 is 1.24 bits per heavy atom. The Morgan fingerprint density at radius 3 is 2.52 bits per heavy atom. The van der Waals surface area contributed by atoms with E-state index in [0.29, 0.717) is 24.5 Å². The van der Waals surface area contributed by atoms with Crippen molar-refractivity contribution in [2.75, 3.05) is 13.2 Å². The fourth-order valence-electron chi connectivity index (χ4n) is 1.91. The molecule has 7 heteroatoms. The van der Waals surface area contributed by atoms with Gasteiger partial charge < -0.3 is 8.94 Å². The van der Waals surface area contributed by atoms with Gasteiger partial charge in [-0.3, -0.25) is 9.05 Å². The minimum atomic E-state index is -2.90. The summed E-state index contributed by atoms with van der Waals surface area (Å²) in [6.45, 7) is 3.33. The molecule has 2 rings (SSSR count). The van der Waals surface area contributed by atoms with Gasteiger partial charge in [0.1, 0.15) is 0 Å². The summed E-state index contributed by atoms with van der Waals surface area (Å²) >= 11 is 5.34. The van der Waals surface area contributed by atoms with E-state index in [-0.39, 0.29) is 0 Å². The summed E-state index contributed by atoms with van der Waals surface area (Å²) in [7, 11) is 0. The molecule has 0 spiro atoms. The van der Waals surface area contributed by atoms with Crippen LogP contribution in [0.3, 0.4) is 0 Å². The van der Waals surface area contributed by atoms with Crippen LogP contribution in [0.25, 0.3) is 11.0 Å². The van der Waals surface area contributed by atoms with Gasteiger partial charge in [0, 0.05) is 23.3 Å². The first-order chi connectivity index (χ1) is 9.99. The molecule has 0 saturated heterocycles. The van der Waals surface area contributed by atoms with Crippen LogP contribution in [0.4, 0.5) is 0 Å². The van der Waals surface area contributed by atoms with Crippen molar-refractivity contribution >= 4 is 29.5 Å². The van der Waals surface area contributed by atoms with Gasteiger partial charge in [-0.1, -0.05) is 12.1 Å². The summed E-state index contributed by atoms with van der Waals surface area (Å²) < 4.78 is 21.9. The predicted molar refractivity (Wildman–Crippen MR) is 85.4 cm³/mol. The number of para-hydroxylation sites is 1. The van der Waals surface area contributed by atoms with Crippen LogP contribution < -0.4 is 10.1 Å². The summed E-state index contributed by atoms with van der Waals surface area (Å²) in [5.41, 5.74) is 0.737. The molecule has 0 amide bonds. The van der Waals surface area contributed by atoms with Crippen LogP contribution in [-0.4, -0.2) is 13.2 Å². The van der Waals surface area contributed by atoms with Gasteiger partial charge in [-0.25, -0.2) is 4.79 Å². The fraction of sp³-hybridized carbons (Fsp3) is 0.357. The van der Waals surface area contributed by atoms with Crippen LogP contribution in [0.2, 0.25) is 0 Å². The van der Waals surface area contributed by atoms with Crippen molar-refractivity contribution in [2.45, 2.75) is 20.8 Å². The normalized spacial score (nSPS) is 11.8.